The lowest BCUT2D eigenvalue weighted by Gasteiger charge is -2.34. The molecular weight excluding hydrogens is 244 g/mol. The highest BCUT2D eigenvalue weighted by Gasteiger charge is 2.39. The smallest absolute Gasteiger partial charge is 0.267 e. The molecule has 1 saturated carbocycles. The summed E-state index contributed by atoms with van der Waals surface area (Å²) in [7, 11) is 0. The van der Waals surface area contributed by atoms with E-state index in [0.717, 1.165) is 19.3 Å². The summed E-state index contributed by atoms with van der Waals surface area (Å²) in [5.41, 5.74) is 5.75. The number of ether oxygens (including phenoxy) is 1. The van der Waals surface area contributed by atoms with Crippen LogP contribution in [0.1, 0.15) is 44.0 Å². The van der Waals surface area contributed by atoms with Gasteiger partial charge in [0.2, 0.25) is 0 Å². The van der Waals surface area contributed by atoms with Crippen LogP contribution >= 0.6 is 0 Å². The lowest BCUT2D eigenvalue weighted by atomic mass is 9.77. The van der Waals surface area contributed by atoms with Gasteiger partial charge in [-0.1, -0.05) is 5.16 Å². The van der Waals surface area contributed by atoms with Crippen molar-refractivity contribution in [2.75, 3.05) is 0 Å². The lowest BCUT2D eigenvalue weighted by molar-refractivity contribution is 0.174. The van der Waals surface area contributed by atoms with Gasteiger partial charge in [-0.15, -0.1) is 0 Å². The van der Waals surface area contributed by atoms with E-state index < -0.39 is 5.54 Å². The van der Waals surface area contributed by atoms with Gasteiger partial charge in [0.25, 0.3) is 5.89 Å². The van der Waals surface area contributed by atoms with Crippen LogP contribution in [0.25, 0.3) is 0 Å². The quantitative estimate of drug-likeness (QED) is 0.904. The molecule has 0 spiro atoms. The van der Waals surface area contributed by atoms with Crippen LogP contribution in [0.2, 0.25) is 0 Å². The van der Waals surface area contributed by atoms with Crippen LogP contribution in [-0.4, -0.2) is 15.1 Å². The van der Waals surface area contributed by atoms with Crippen LogP contribution in [-0.2, 0) is 5.54 Å². The van der Waals surface area contributed by atoms with Crippen LogP contribution in [0.15, 0.2) is 29.0 Å². The van der Waals surface area contributed by atoms with Gasteiger partial charge < -0.3 is 15.0 Å². The Hall–Kier alpha value is -1.95. The maximum absolute atomic E-state index is 6.15. The molecule has 3 rings (SSSR count). The molecule has 19 heavy (non-hydrogen) atoms. The predicted molar refractivity (Wildman–Crippen MR) is 67.3 cm³/mol. The number of hydrogen-bond donors (Lipinski definition) is 1. The number of pyridine rings is 1. The highest BCUT2D eigenvalue weighted by molar-refractivity contribution is 5.16. The summed E-state index contributed by atoms with van der Waals surface area (Å²) >= 11 is 0. The minimum absolute atomic E-state index is 0.325. The highest BCUT2D eigenvalue weighted by atomic mass is 16.5. The molecule has 0 amide bonds. The minimum atomic E-state index is -0.407. The molecule has 0 saturated heterocycles. The van der Waals surface area contributed by atoms with Crippen molar-refractivity contribution in [2.45, 2.75) is 37.8 Å². The summed E-state index contributed by atoms with van der Waals surface area (Å²) in [6.45, 7) is 1.86. The number of hydrogen-bond acceptors (Lipinski definition) is 6. The van der Waals surface area contributed by atoms with E-state index in [1.165, 1.54) is 0 Å². The summed E-state index contributed by atoms with van der Waals surface area (Å²) in [5.74, 6) is 1.69. The van der Waals surface area contributed by atoms with E-state index in [1.54, 1.807) is 12.4 Å². The second-order valence-corrected chi connectivity index (χ2v) is 4.91. The second kappa shape index (κ2) is 4.62. The second-order valence-electron chi connectivity index (χ2n) is 4.91. The number of rotatable bonds is 4. The lowest BCUT2D eigenvalue weighted by Crippen LogP contribution is -2.44. The molecule has 6 nitrogen and oxygen atoms in total. The van der Waals surface area contributed by atoms with Gasteiger partial charge in [-0.2, -0.15) is 4.98 Å². The third-order valence-electron chi connectivity index (χ3n) is 3.43. The van der Waals surface area contributed by atoms with Gasteiger partial charge in [-0.25, -0.2) is 0 Å². The largest absolute Gasteiger partial charge is 0.479 e. The molecule has 0 aliphatic heterocycles. The van der Waals surface area contributed by atoms with E-state index in [1.807, 2.05) is 19.1 Å². The van der Waals surface area contributed by atoms with Gasteiger partial charge in [0, 0.05) is 6.20 Å². The summed E-state index contributed by atoms with van der Waals surface area (Å²) < 4.78 is 10.9. The molecule has 1 aliphatic rings. The molecule has 1 unspecified atom stereocenters. The summed E-state index contributed by atoms with van der Waals surface area (Å²) in [6.07, 6.45) is 5.94. The van der Waals surface area contributed by atoms with Crippen molar-refractivity contribution < 1.29 is 9.26 Å². The van der Waals surface area contributed by atoms with Crippen molar-refractivity contribution in [3.63, 3.8) is 0 Å². The minimum Gasteiger partial charge on any atom is -0.479 e. The maximum atomic E-state index is 6.15. The van der Waals surface area contributed by atoms with Gasteiger partial charge in [0.05, 0.1) is 11.7 Å². The Kier molecular flexibility index (Phi) is 2.94. The van der Waals surface area contributed by atoms with Crippen molar-refractivity contribution in [3.8, 4) is 5.75 Å². The molecule has 0 bridgehead atoms. The van der Waals surface area contributed by atoms with Crippen LogP contribution in [0.4, 0.5) is 0 Å². The first kappa shape index (κ1) is 12.1. The molecule has 2 aromatic heterocycles. The first-order valence-electron chi connectivity index (χ1n) is 6.37. The van der Waals surface area contributed by atoms with E-state index in [0.29, 0.717) is 17.5 Å². The molecular formula is C13H16N4O2. The number of aromatic nitrogens is 3. The van der Waals surface area contributed by atoms with Crippen LogP contribution in [0.3, 0.4) is 0 Å². The van der Waals surface area contributed by atoms with Crippen LogP contribution in [0.5, 0.6) is 5.75 Å². The zero-order valence-corrected chi connectivity index (χ0v) is 10.7. The SMILES string of the molecule is CC(Oc1cccnc1)c1nc(C2(N)CCC2)no1. The standard InChI is InChI=1S/C13H16N4O2/c1-9(18-10-4-2-7-15-8-10)11-16-12(17-19-11)13(14)5-3-6-13/h2,4,7-9H,3,5-6,14H2,1H3. The topological polar surface area (TPSA) is 87.1 Å². The fourth-order valence-corrected chi connectivity index (χ4v) is 2.06. The first-order valence-corrected chi connectivity index (χ1v) is 6.37. The molecule has 1 atom stereocenters. The zero-order chi connectivity index (χ0) is 13.3. The highest BCUT2D eigenvalue weighted by Crippen LogP contribution is 2.37. The van der Waals surface area contributed by atoms with Crippen LogP contribution < -0.4 is 10.5 Å². The maximum Gasteiger partial charge on any atom is 0.267 e. The summed E-state index contributed by atoms with van der Waals surface area (Å²) in [4.78, 5) is 8.34. The van der Waals surface area contributed by atoms with Gasteiger partial charge in [0.1, 0.15) is 5.75 Å². The van der Waals surface area contributed by atoms with Crippen molar-refractivity contribution >= 4 is 0 Å². The third-order valence-corrected chi connectivity index (χ3v) is 3.43. The Labute approximate surface area is 111 Å². The van der Waals surface area contributed by atoms with E-state index >= 15 is 0 Å². The van der Waals surface area contributed by atoms with E-state index in [9.17, 15) is 0 Å². The molecule has 100 valence electrons. The molecule has 0 radical (unpaired) electrons. The molecule has 0 aromatic carbocycles. The predicted octanol–water partition coefficient (Wildman–Crippen LogP) is 1.94. The first-order chi connectivity index (χ1) is 9.17. The van der Waals surface area contributed by atoms with Gasteiger partial charge in [-0.3, -0.25) is 4.98 Å². The van der Waals surface area contributed by atoms with Crippen molar-refractivity contribution in [1.82, 2.24) is 15.1 Å². The van der Waals surface area contributed by atoms with Crippen LogP contribution in [0, 0.1) is 0 Å². The molecule has 2 aromatic rings. The molecule has 1 fully saturated rings. The average Bonchev–Trinajstić information content (AvgIpc) is 2.87. The molecule has 2 heterocycles. The zero-order valence-electron chi connectivity index (χ0n) is 10.7. The summed E-state index contributed by atoms with van der Waals surface area (Å²) in [5, 5.41) is 3.97. The van der Waals surface area contributed by atoms with Crippen molar-refractivity contribution in [2.24, 2.45) is 5.73 Å². The van der Waals surface area contributed by atoms with Gasteiger partial charge in [-0.05, 0) is 38.3 Å². The molecule has 2 N–H and O–H groups in total. The Balaban J connectivity index is 1.72. The van der Waals surface area contributed by atoms with E-state index in [2.05, 4.69) is 15.1 Å². The Morgan fingerprint density at radius 1 is 1.47 bits per heavy atom. The van der Waals surface area contributed by atoms with E-state index in [-0.39, 0.29) is 6.10 Å². The van der Waals surface area contributed by atoms with E-state index in [4.69, 9.17) is 15.0 Å². The Bertz CT molecular complexity index is 551. The van der Waals surface area contributed by atoms with Crippen molar-refractivity contribution in [3.05, 3.63) is 36.2 Å². The Morgan fingerprint density at radius 2 is 2.32 bits per heavy atom. The normalized spacial score (nSPS) is 18.6. The third kappa shape index (κ3) is 2.31. The molecule has 1 aliphatic carbocycles. The van der Waals surface area contributed by atoms with Gasteiger partial charge >= 0.3 is 0 Å². The number of nitrogens with two attached hydrogens (primary N) is 1. The fourth-order valence-electron chi connectivity index (χ4n) is 2.06. The van der Waals surface area contributed by atoms with Crippen molar-refractivity contribution in [1.29, 1.82) is 0 Å². The fraction of sp³-hybridized carbons (Fsp3) is 0.462. The Morgan fingerprint density at radius 3 is 2.95 bits per heavy atom. The average molecular weight is 260 g/mol. The van der Waals surface area contributed by atoms with Gasteiger partial charge in [0.15, 0.2) is 11.9 Å². The summed E-state index contributed by atoms with van der Waals surface area (Å²) in [6, 6.07) is 3.64. The number of nitrogens with zero attached hydrogens (tertiary/aromatic N) is 3. The monoisotopic (exact) mass is 260 g/mol. The molecule has 6 heteroatoms.